The van der Waals surface area contributed by atoms with Crippen molar-refractivity contribution in [2.45, 2.75) is 0 Å². The van der Waals surface area contributed by atoms with Gasteiger partial charge < -0.3 is 0 Å². The third-order valence-electron chi connectivity index (χ3n) is 1.24. The molecule has 0 aliphatic carbocycles. The van der Waals surface area contributed by atoms with Crippen LogP contribution in [-0.2, 0) is 0 Å². The zero-order valence-electron chi connectivity index (χ0n) is 5.68. The first-order valence-corrected chi connectivity index (χ1v) is 6.39. The second-order valence-electron chi connectivity index (χ2n) is 2.16. The third-order valence-corrected chi connectivity index (χ3v) is 3.32. The van der Waals surface area contributed by atoms with E-state index in [1.54, 1.807) is 0 Å². The van der Waals surface area contributed by atoms with Crippen LogP contribution in [0.4, 0.5) is 5.69 Å². The monoisotopic (exact) mass is 218 g/mol. The molecule has 0 aliphatic heterocycles. The van der Waals surface area contributed by atoms with Gasteiger partial charge in [0, 0.05) is 0 Å². The van der Waals surface area contributed by atoms with E-state index in [9.17, 15) is 0 Å². The van der Waals surface area contributed by atoms with E-state index < -0.39 is 14.6 Å². The fraction of sp³-hybridized carbons (Fsp3) is 0. The first kappa shape index (κ1) is 8.55. The molecule has 1 rings (SSSR count). The van der Waals surface area contributed by atoms with Crippen LogP contribution in [0.5, 0.6) is 0 Å². The summed E-state index contributed by atoms with van der Waals surface area (Å²) in [5.41, 5.74) is 5.87. The molecular weight excluding hydrogens is 209 g/mol. The molecule has 1 aromatic rings. The van der Waals surface area contributed by atoms with Gasteiger partial charge in [-0.1, -0.05) is 0 Å². The molecule has 0 bridgehead atoms. The summed E-state index contributed by atoms with van der Waals surface area (Å²) in [5, 5.41) is 0. The molecule has 5 heteroatoms. The maximum atomic E-state index is 8.82. The van der Waals surface area contributed by atoms with Gasteiger partial charge in [-0.25, -0.2) is 0 Å². The molecule has 0 aliphatic rings. The molecule has 0 unspecified atom stereocenters. The molecule has 0 fully saturated rings. The summed E-state index contributed by atoms with van der Waals surface area (Å²) in [6.45, 7) is 0. The molecule has 0 saturated carbocycles. The van der Waals surface area contributed by atoms with Crippen LogP contribution in [0.15, 0.2) is 24.3 Å². The van der Waals surface area contributed by atoms with Crippen molar-refractivity contribution < 1.29 is 12.3 Å². The van der Waals surface area contributed by atoms with Crippen molar-refractivity contribution in [3.63, 3.8) is 0 Å². The number of benzene rings is 1. The molecule has 0 amide bonds. The summed E-state index contributed by atoms with van der Waals surface area (Å²) < 4.78 is 26.6. The van der Waals surface area contributed by atoms with Crippen LogP contribution in [0.25, 0.3) is 0 Å². The van der Waals surface area contributed by atoms with E-state index in [0.29, 0.717) is 5.69 Å². The standard InChI is InChI=1S/C6H9AsNO3/c8-6-3-1-5(2-4-6)7(9,10)11/h1-4,9-11H,8H2. The van der Waals surface area contributed by atoms with Gasteiger partial charge in [0.25, 0.3) is 0 Å². The van der Waals surface area contributed by atoms with Gasteiger partial charge in [-0.3, -0.25) is 0 Å². The van der Waals surface area contributed by atoms with Crippen LogP contribution >= 0.6 is 0 Å². The van der Waals surface area contributed by atoms with Crippen molar-refractivity contribution >= 4 is 24.6 Å². The van der Waals surface area contributed by atoms with Crippen LogP contribution in [0.1, 0.15) is 0 Å². The summed E-state index contributed by atoms with van der Waals surface area (Å²) in [6, 6.07) is 5.83. The van der Waals surface area contributed by atoms with Crippen LogP contribution in [-0.4, -0.2) is 26.9 Å². The van der Waals surface area contributed by atoms with Crippen molar-refractivity contribution in [2.75, 3.05) is 5.73 Å². The van der Waals surface area contributed by atoms with Gasteiger partial charge in [0.2, 0.25) is 0 Å². The Hall–Kier alpha value is -0.542. The van der Waals surface area contributed by atoms with Crippen LogP contribution in [0, 0.1) is 0 Å². The Morgan fingerprint density at radius 3 is 1.82 bits per heavy atom. The van der Waals surface area contributed by atoms with E-state index in [-0.39, 0.29) is 4.35 Å². The van der Waals surface area contributed by atoms with Crippen LogP contribution < -0.4 is 10.1 Å². The number of nitrogen functional groups attached to an aromatic ring is 1. The molecular formula is C6H9AsNO3. The van der Waals surface area contributed by atoms with Crippen molar-refractivity contribution in [2.24, 2.45) is 0 Å². The summed E-state index contributed by atoms with van der Waals surface area (Å²) in [7, 11) is 0. The fourth-order valence-corrected chi connectivity index (χ4v) is 1.83. The molecule has 0 aromatic heterocycles. The Bertz CT molecular complexity index is 241. The molecule has 0 heterocycles. The SMILES string of the molecule is Nc1ccc([As](O)(O)O)cc1. The van der Waals surface area contributed by atoms with Crippen molar-refractivity contribution in [1.29, 1.82) is 0 Å². The zero-order valence-corrected chi connectivity index (χ0v) is 7.55. The normalized spacial score (nSPS) is 11.5. The molecule has 0 atom stereocenters. The van der Waals surface area contributed by atoms with E-state index in [1.165, 1.54) is 24.3 Å². The van der Waals surface area contributed by atoms with Gasteiger partial charge >= 0.3 is 66.9 Å². The second kappa shape index (κ2) is 2.83. The molecule has 11 heavy (non-hydrogen) atoms. The predicted octanol–water partition coefficient (Wildman–Crippen LogP) is -1.61. The van der Waals surface area contributed by atoms with Gasteiger partial charge in [0.1, 0.15) is 0 Å². The van der Waals surface area contributed by atoms with E-state index in [0.717, 1.165) is 0 Å². The maximum absolute atomic E-state index is 8.82. The van der Waals surface area contributed by atoms with Gasteiger partial charge in [-0.05, 0) is 0 Å². The Morgan fingerprint density at radius 1 is 1.00 bits per heavy atom. The third kappa shape index (κ3) is 2.20. The summed E-state index contributed by atoms with van der Waals surface area (Å²) >= 11 is -4.43. The minimum atomic E-state index is -4.43. The molecule has 61 valence electrons. The van der Waals surface area contributed by atoms with E-state index in [2.05, 4.69) is 0 Å². The summed E-state index contributed by atoms with van der Waals surface area (Å²) in [6.07, 6.45) is 0. The first-order valence-electron chi connectivity index (χ1n) is 2.93. The van der Waals surface area contributed by atoms with E-state index in [1.807, 2.05) is 0 Å². The van der Waals surface area contributed by atoms with Crippen LogP contribution in [0.2, 0.25) is 0 Å². The quantitative estimate of drug-likeness (QED) is 0.337. The van der Waals surface area contributed by atoms with Gasteiger partial charge in [-0.15, -0.1) is 0 Å². The minimum absolute atomic E-state index is 0.164. The number of rotatable bonds is 1. The van der Waals surface area contributed by atoms with Crippen molar-refractivity contribution in [3.05, 3.63) is 24.3 Å². The van der Waals surface area contributed by atoms with Crippen molar-refractivity contribution in [1.82, 2.24) is 0 Å². The molecule has 5 N–H and O–H groups in total. The van der Waals surface area contributed by atoms with E-state index >= 15 is 0 Å². The Kier molecular flexibility index (Phi) is 2.20. The van der Waals surface area contributed by atoms with Crippen molar-refractivity contribution in [3.8, 4) is 0 Å². The predicted molar refractivity (Wildman–Crippen MR) is 42.9 cm³/mol. The molecule has 4 nitrogen and oxygen atoms in total. The molecule has 0 spiro atoms. The number of hydrogen-bond acceptors (Lipinski definition) is 4. The Morgan fingerprint density at radius 2 is 1.45 bits per heavy atom. The van der Waals surface area contributed by atoms with Gasteiger partial charge in [-0.2, -0.15) is 0 Å². The van der Waals surface area contributed by atoms with Crippen LogP contribution in [0.3, 0.4) is 0 Å². The first-order chi connectivity index (χ1) is 5.00. The fourth-order valence-electron chi connectivity index (χ4n) is 0.674. The molecule has 1 aromatic carbocycles. The number of anilines is 1. The average Bonchev–Trinajstić information content (AvgIpc) is 1.86. The Balaban J connectivity index is 2.99. The zero-order chi connectivity index (χ0) is 8.48. The Labute approximate surface area is 67.4 Å². The topological polar surface area (TPSA) is 86.7 Å². The van der Waals surface area contributed by atoms with Gasteiger partial charge in [0.05, 0.1) is 0 Å². The summed E-state index contributed by atoms with van der Waals surface area (Å²) in [5.74, 6) is 0. The number of hydrogen-bond donors (Lipinski definition) is 4. The van der Waals surface area contributed by atoms with Gasteiger partial charge in [0.15, 0.2) is 0 Å². The number of nitrogens with two attached hydrogens (primary N) is 1. The molecule has 1 radical (unpaired) electrons. The average molecular weight is 218 g/mol. The second-order valence-corrected chi connectivity index (χ2v) is 5.63. The molecule has 0 saturated heterocycles. The van der Waals surface area contributed by atoms with E-state index in [4.69, 9.17) is 18.0 Å². The summed E-state index contributed by atoms with van der Waals surface area (Å²) in [4.78, 5) is 0.